The van der Waals surface area contributed by atoms with Crippen LogP contribution in [-0.4, -0.2) is 23.7 Å². The van der Waals surface area contributed by atoms with Crippen molar-refractivity contribution < 1.29 is 4.74 Å². The number of pyridine rings is 1. The van der Waals surface area contributed by atoms with Gasteiger partial charge in [0, 0.05) is 12.6 Å². The fourth-order valence-electron chi connectivity index (χ4n) is 2.74. The van der Waals surface area contributed by atoms with Crippen LogP contribution in [-0.2, 0) is 0 Å². The quantitative estimate of drug-likeness (QED) is 0.886. The molecule has 1 aliphatic carbocycles. The maximum atomic E-state index is 5.93. The monoisotopic (exact) mass is 263 g/mol. The van der Waals surface area contributed by atoms with E-state index in [9.17, 15) is 0 Å². The average molecular weight is 263 g/mol. The van der Waals surface area contributed by atoms with Gasteiger partial charge in [-0.2, -0.15) is 4.98 Å². The molecule has 1 saturated carbocycles. The van der Waals surface area contributed by atoms with Crippen molar-refractivity contribution in [3.05, 3.63) is 12.1 Å². The molecule has 0 spiro atoms. The van der Waals surface area contributed by atoms with Crippen molar-refractivity contribution in [2.75, 3.05) is 17.2 Å². The molecule has 0 aromatic carbocycles. The van der Waals surface area contributed by atoms with Crippen molar-refractivity contribution in [3.8, 4) is 5.88 Å². The predicted octanol–water partition coefficient (Wildman–Crippen LogP) is 3.22. The number of anilines is 2. The number of nitrogen functional groups attached to an aromatic ring is 1. The van der Waals surface area contributed by atoms with Crippen molar-refractivity contribution in [3.63, 3.8) is 0 Å². The van der Waals surface area contributed by atoms with Gasteiger partial charge in [0.15, 0.2) is 0 Å². The highest BCUT2D eigenvalue weighted by molar-refractivity contribution is 5.55. The molecule has 1 aromatic heterocycles. The van der Waals surface area contributed by atoms with Crippen LogP contribution in [0.25, 0.3) is 0 Å². The Morgan fingerprint density at radius 3 is 2.63 bits per heavy atom. The van der Waals surface area contributed by atoms with Crippen molar-refractivity contribution in [1.29, 1.82) is 0 Å². The largest absolute Gasteiger partial charge is 0.473 e. The maximum Gasteiger partial charge on any atom is 0.239 e. The molecule has 106 valence electrons. The van der Waals surface area contributed by atoms with Gasteiger partial charge in [-0.15, -0.1) is 0 Å². The molecule has 0 atom stereocenters. The molecule has 0 saturated heterocycles. The van der Waals surface area contributed by atoms with Crippen LogP contribution in [0.5, 0.6) is 5.88 Å². The second-order valence-electron chi connectivity index (χ2n) is 5.45. The fraction of sp³-hybridized carbons (Fsp3) is 0.667. The maximum absolute atomic E-state index is 5.93. The molecule has 1 heterocycles. The van der Waals surface area contributed by atoms with E-state index in [1.54, 1.807) is 0 Å². The third-order valence-electron chi connectivity index (χ3n) is 3.62. The molecule has 4 nitrogen and oxygen atoms in total. The highest BCUT2D eigenvalue weighted by atomic mass is 16.5. The smallest absolute Gasteiger partial charge is 0.239 e. The van der Waals surface area contributed by atoms with Gasteiger partial charge in [-0.1, -0.05) is 12.8 Å². The van der Waals surface area contributed by atoms with E-state index in [1.165, 1.54) is 25.7 Å². The number of hydrogen-bond donors (Lipinski definition) is 1. The summed E-state index contributed by atoms with van der Waals surface area (Å²) in [6.07, 6.45) is 5.27. The fourth-order valence-corrected chi connectivity index (χ4v) is 2.74. The lowest BCUT2D eigenvalue weighted by molar-refractivity contribution is 0.234. The highest BCUT2D eigenvalue weighted by Gasteiger charge is 2.23. The van der Waals surface area contributed by atoms with Crippen LogP contribution in [0.4, 0.5) is 11.5 Å². The standard InChI is InChI=1S/C15H25N3O/c1-4-18(12-7-5-6-8-12)14-10-9-13(16)15(17-14)19-11(2)3/h9-12H,4-8,16H2,1-3H3. The van der Waals surface area contributed by atoms with Crippen LogP contribution in [0.1, 0.15) is 46.5 Å². The van der Waals surface area contributed by atoms with E-state index in [1.807, 2.05) is 26.0 Å². The molecule has 0 radical (unpaired) electrons. The Labute approximate surface area is 116 Å². The van der Waals surface area contributed by atoms with Gasteiger partial charge < -0.3 is 15.4 Å². The molecule has 0 amide bonds. The third kappa shape index (κ3) is 3.31. The first-order valence-corrected chi connectivity index (χ1v) is 7.31. The molecule has 4 heteroatoms. The van der Waals surface area contributed by atoms with Gasteiger partial charge >= 0.3 is 0 Å². The predicted molar refractivity (Wildman–Crippen MR) is 79.7 cm³/mol. The third-order valence-corrected chi connectivity index (χ3v) is 3.62. The van der Waals surface area contributed by atoms with Gasteiger partial charge in [-0.05, 0) is 45.7 Å². The minimum absolute atomic E-state index is 0.0895. The van der Waals surface area contributed by atoms with E-state index in [0.29, 0.717) is 17.6 Å². The SMILES string of the molecule is CCN(c1ccc(N)c(OC(C)C)n1)C1CCCC1. The van der Waals surface area contributed by atoms with Gasteiger partial charge in [0.1, 0.15) is 5.82 Å². The van der Waals surface area contributed by atoms with Gasteiger partial charge in [0.2, 0.25) is 5.88 Å². The van der Waals surface area contributed by atoms with Crippen molar-refractivity contribution in [2.45, 2.75) is 58.6 Å². The molecule has 0 aliphatic heterocycles. The lowest BCUT2D eigenvalue weighted by Gasteiger charge is -2.29. The van der Waals surface area contributed by atoms with Crippen LogP contribution in [0.2, 0.25) is 0 Å². The molecule has 19 heavy (non-hydrogen) atoms. The molecule has 1 aromatic rings. The number of nitrogens with two attached hydrogens (primary N) is 1. The second-order valence-corrected chi connectivity index (χ2v) is 5.45. The number of nitrogens with zero attached hydrogens (tertiary/aromatic N) is 2. The van der Waals surface area contributed by atoms with Crippen LogP contribution in [0, 0.1) is 0 Å². The van der Waals surface area contributed by atoms with E-state index in [0.717, 1.165) is 12.4 Å². The minimum Gasteiger partial charge on any atom is -0.473 e. The normalized spacial score (nSPS) is 16.0. The Morgan fingerprint density at radius 2 is 2.05 bits per heavy atom. The molecular formula is C15H25N3O. The number of hydrogen-bond acceptors (Lipinski definition) is 4. The molecule has 2 N–H and O–H groups in total. The number of ether oxygens (including phenoxy) is 1. The number of rotatable bonds is 5. The lowest BCUT2D eigenvalue weighted by Crippen LogP contribution is -2.33. The van der Waals surface area contributed by atoms with Crippen molar-refractivity contribution in [2.24, 2.45) is 0 Å². The van der Waals surface area contributed by atoms with E-state index in [4.69, 9.17) is 10.5 Å². The Kier molecular flexibility index (Phi) is 4.51. The lowest BCUT2D eigenvalue weighted by atomic mass is 10.2. The first-order chi connectivity index (χ1) is 9.11. The summed E-state index contributed by atoms with van der Waals surface area (Å²) in [6.45, 7) is 7.13. The minimum atomic E-state index is 0.0895. The van der Waals surface area contributed by atoms with Crippen molar-refractivity contribution >= 4 is 11.5 Å². The molecule has 1 fully saturated rings. The van der Waals surface area contributed by atoms with Crippen LogP contribution >= 0.6 is 0 Å². The topological polar surface area (TPSA) is 51.4 Å². The summed E-state index contributed by atoms with van der Waals surface area (Å²) < 4.78 is 5.68. The van der Waals surface area contributed by atoms with Gasteiger partial charge in [-0.25, -0.2) is 0 Å². The molecule has 2 rings (SSSR count). The molecule has 1 aliphatic rings. The van der Waals surface area contributed by atoms with E-state index >= 15 is 0 Å². The summed E-state index contributed by atoms with van der Waals surface area (Å²) >= 11 is 0. The van der Waals surface area contributed by atoms with Gasteiger partial charge in [0.05, 0.1) is 11.8 Å². The first-order valence-electron chi connectivity index (χ1n) is 7.31. The van der Waals surface area contributed by atoms with Crippen LogP contribution < -0.4 is 15.4 Å². The Morgan fingerprint density at radius 1 is 1.37 bits per heavy atom. The van der Waals surface area contributed by atoms with E-state index in [-0.39, 0.29) is 6.10 Å². The zero-order chi connectivity index (χ0) is 13.8. The highest BCUT2D eigenvalue weighted by Crippen LogP contribution is 2.30. The molecule has 0 bridgehead atoms. The summed E-state index contributed by atoms with van der Waals surface area (Å²) in [6, 6.07) is 4.52. The molecular weight excluding hydrogens is 238 g/mol. The van der Waals surface area contributed by atoms with Gasteiger partial charge in [0.25, 0.3) is 0 Å². The van der Waals surface area contributed by atoms with Crippen molar-refractivity contribution in [1.82, 2.24) is 4.98 Å². The summed E-state index contributed by atoms with van der Waals surface area (Å²) in [7, 11) is 0. The Hall–Kier alpha value is -1.45. The summed E-state index contributed by atoms with van der Waals surface area (Å²) in [5, 5.41) is 0. The number of aromatic nitrogens is 1. The van der Waals surface area contributed by atoms with Gasteiger partial charge in [-0.3, -0.25) is 0 Å². The zero-order valence-corrected chi connectivity index (χ0v) is 12.2. The van der Waals surface area contributed by atoms with E-state index in [2.05, 4.69) is 16.8 Å². The zero-order valence-electron chi connectivity index (χ0n) is 12.2. The summed E-state index contributed by atoms with van der Waals surface area (Å²) in [4.78, 5) is 6.98. The van der Waals surface area contributed by atoms with Crippen LogP contribution in [0.3, 0.4) is 0 Å². The second kappa shape index (κ2) is 6.13. The van der Waals surface area contributed by atoms with E-state index < -0.39 is 0 Å². The molecule has 0 unspecified atom stereocenters. The van der Waals surface area contributed by atoms with Crippen LogP contribution in [0.15, 0.2) is 12.1 Å². The average Bonchev–Trinajstić information content (AvgIpc) is 2.87. The first kappa shape index (κ1) is 14.0. The Balaban J connectivity index is 2.22. The summed E-state index contributed by atoms with van der Waals surface area (Å²) in [5.41, 5.74) is 6.54. The summed E-state index contributed by atoms with van der Waals surface area (Å²) in [5.74, 6) is 1.54. The Bertz CT molecular complexity index is 414.